The van der Waals surface area contributed by atoms with Gasteiger partial charge in [0.1, 0.15) is 16.5 Å². The summed E-state index contributed by atoms with van der Waals surface area (Å²) in [5.74, 6) is 2.19. The van der Waals surface area contributed by atoms with Crippen LogP contribution >= 0.6 is 11.8 Å². The third-order valence-corrected chi connectivity index (χ3v) is 4.60. The average molecular weight is 346 g/mol. The van der Waals surface area contributed by atoms with Gasteiger partial charge in [-0.3, -0.25) is 4.79 Å². The van der Waals surface area contributed by atoms with Crippen molar-refractivity contribution in [3.05, 3.63) is 47.7 Å². The Labute approximate surface area is 146 Å². The predicted molar refractivity (Wildman–Crippen MR) is 96.0 cm³/mol. The predicted octanol–water partition coefficient (Wildman–Crippen LogP) is 3.53. The average Bonchev–Trinajstić information content (AvgIpc) is 2.64. The fraction of sp³-hybridized carbons (Fsp3) is 0.333. The Kier molecular flexibility index (Phi) is 6.93. The largest absolute Gasteiger partial charge is 0.497 e. The van der Waals surface area contributed by atoms with E-state index in [2.05, 4.69) is 17.2 Å². The lowest BCUT2D eigenvalue weighted by Gasteiger charge is -2.12. The van der Waals surface area contributed by atoms with Crippen molar-refractivity contribution in [1.29, 1.82) is 0 Å². The minimum absolute atomic E-state index is 0.139. The second-order valence-corrected chi connectivity index (χ2v) is 6.15. The van der Waals surface area contributed by atoms with Crippen molar-refractivity contribution in [1.82, 2.24) is 10.3 Å². The minimum Gasteiger partial charge on any atom is -0.497 e. The SMILES string of the molecule is CCCSc1ncccc1C(=O)NCc1ccc(OC)cc1OC. The Morgan fingerprint density at radius 1 is 1.25 bits per heavy atom. The van der Waals surface area contributed by atoms with Crippen molar-refractivity contribution in [3.63, 3.8) is 0 Å². The maximum Gasteiger partial charge on any atom is 0.254 e. The molecule has 0 spiro atoms. The molecule has 0 fully saturated rings. The van der Waals surface area contributed by atoms with Crippen molar-refractivity contribution < 1.29 is 14.3 Å². The molecule has 1 aromatic heterocycles. The standard InChI is InChI=1S/C18H22N2O3S/c1-4-10-24-18-15(6-5-9-19-18)17(21)20-12-13-7-8-14(22-2)11-16(13)23-3/h5-9,11H,4,10,12H2,1-3H3,(H,20,21). The number of carbonyl (C=O) groups is 1. The van der Waals surface area contributed by atoms with Gasteiger partial charge in [0.15, 0.2) is 0 Å². The molecule has 2 aromatic rings. The number of benzene rings is 1. The highest BCUT2D eigenvalue weighted by molar-refractivity contribution is 7.99. The van der Waals surface area contributed by atoms with Crippen LogP contribution in [0.25, 0.3) is 0 Å². The first-order chi connectivity index (χ1) is 11.7. The van der Waals surface area contributed by atoms with Crippen LogP contribution in [0, 0.1) is 0 Å². The number of aromatic nitrogens is 1. The molecule has 5 nitrogen and oxygen atoms in total. The van der Waals surface area contributed by atoms with Gasteiger partial charge >= 0.3 is 0 Å². The fourth-order valence-electron chi connectivity index (χ4n) is 2.15. The summed E-state index contributed by atoms with van der Waals surface area (Å²) in [5.41, 5.74) is 1.49. The van der Waals surface area contributed by atoms with E-state index in [1.165, 1.54) is 0 Å². The molecule has 0 radical (unpaired) electrons. The number of amides is 1. The van der Waals surface area contributed by atoms with Gasteiger partial charge in [-0.15, -0.1) is 11.8 Å². The Morgan fingerprint density at radius 2 is 2.08 bits per heavy atom. The molecule has 0 bridgehead atoms. The van der Waals surface area contributed by atoms with Crippen LogP contribution in [0.4, 0.5) is 0 Å². The summed E-state index contributed by atoms with van der Waals surface area (Å²) in [6.45, 7) is 2.48. The Balaban J connectivity index is 2.08. The number of nitrogens with one attached hydrogen (secondary N) is 1. The maximum atomic E-state index is 12.5. The van der Waals surface area contributed by atoms with Crippen molar-refractivity contribution in [2.24, 2.45) is 0 Å². The zero-order valence-corrected chi connectivity index (χ0v) is 15.0. The first-order valence-electron chi connectivity index (χ1n) is 7.76. The van der Waals surface area contributed by atoms with Crippen LogP contribution in [0.5, 0.6) is 11.5 Å². The first-order valence-corrected chi connectivity index (χ1v) is 8.75. The number of thioether (sulfide) groups is 1. The number of ether oxygens (including phenoxy) is 2. The van der Waals surface area contributed by atoms with E-state index in [0.717, 1.165) is 22.8 Å². The van der Waals surface area contributed by atoms with Gasteiger partial charge in [0.2, 0.25) is 0 Å². The second-order valence-electron chi connectivity index (χ2n) is 5.07. The zero-order valence-electron chi connectivity index (χ0n) is 14.2. The van der Waals surface area contributed by atoms with Crippen LogP contribution in [-0.4, -0.2) is 30.9 Å². The Bertz CT molecular complexity index is 692. The molecular formula is C18H22N2O3S. The molecule has 0 aliphatic heterocycles. The maximum absolute atomic E-state index is 12.5. The van der Waals surface area contributed by atoms with Gasteiger partial charge < -0.3 is 14.8 Å². The minimum atomic E-state index is -0.139. The number of carbonyl (C=O) groups excluding carboxylic acids is 1. The van der Waals surface area contributed by atoms with Gasteiger partial charge in [-0.2, -0.15) is 0 Å². The number of hydrogen-bond donors (Lipinski definition) is 1. The van der Waals surface area contributed by atoms with Gasteiger partial charge in [0, 0.05) is 24.4 Å². The summed E-state index contributed by atoms with van der Waals surface area (Å²) in [7, 11) is 3.20. The number of pyridine rings is 1. The molecule has 0 atom stereocenters. The van der Waals surface area contributed by atoms with E-state index in [1.54, 1.807) is 50.4 Å². The van der Waals surface area contributed by atoms with E-state index in [1.807, 2.05) is 12.1 Å². The van der Waals surface area contributed by atoms with Crippen LogP contribution in [-0.2, 0) is 6.54 Å². The van der Waals surface area contributed by atoms with Crippen LogP contribution < -0.4 is 14.8 Å². The molecule has 6 heteroatoms. The van der Waals surface area contributed by atoms with Gasteiger partial charge in [-0.25, -0.2) is 4.98 Å². The van der Waals surface area contributed by atoms with E-state index in [9.17, 15) is 4.79 Å². The highest BCUT2D eigenvalue weighted by Crippen LogP contribution is 2.25. The summed E-state index contributed by atoms with van der Waals surface area (Å²) in [6.07, 6.45) is 2.74. The number of hydrogen-bond acceptors (Lipinski definition) is 5. The number of nitrogens with zero attached hydrogens (tertiary/aromatic N) is 1. The van der Waals surface area contributed by atoms with E-state index in [-0.39, 0.29) is 5.91 Å². The van der Waals surface area contributed by atoms with Gasteiger partial charge in [0.05, 0.1) is 19.8 Å². The molecule has 0 saturated carbocycles. The van der Waals surface area contributed by atoms with Crippen LogP contribution in [0.1, 0.15) is 29.3 Å². The number of rotatable bonds is 8. The molecule has 0 aliphatic carbocycles. The van der Waals surface area contributed by atoms with Crippen molar-refractivity contribution in [2.45, 2.75) is 24.9 Å². The zero-order chi connectivity index (χ0) is 17.4. The van der Waals surface area contributed by atoms with Crippen molar-refractivity contribution in [3.8, 4) is 11.5 Å². The molecule has 1 N–H and O–H groups in total. The molecule has 0 unspecified atom stereocenters. The van der Waals surface area contributed by atoms with Crippen LogP contribution in [0.2, 0.25) is 0 Å². The topological polar surface area (TPSA) is 60.5 Å². The van der Waals surface area contributed by atoms with E-state index < -0.39 is 0 Å². The molecule has 0 saturated heterocycles. The third-order valence-electron chi connectivity index (χ3n) is 3.39. The quantitative estimate of drug-likeness (QED) is 0.741. The summed E-state index contributed by atoms with van der Waals surface area (Å²) in [5, 5.41) is 3.69. The van der Waals surface area contributed by atoms with Crippen molar-refractivity contribution in [2.75, 3.05) is 20.0 Å². The van der Waals surface area contributed by atoms with Gasteiger partial charge in [-0.1, -0.05) is 6.92 Å². The molecule has 24 heavy (non-hydrogen) atoms. The number of methoxy groups -OCH3 is 2. The van der Waals surface area contributed by atoms with Gasteiger partial charge in [0.25, 0.3) is 5.91 Å². The molecule has 1 heterocycles. The molecule has 0 aliphatic rings. The molecule has 128 valence electrons. The first kappa shape index (κ1) is 18.1. The smallest absolute Gasteiger partial charge is 0.254 e. The summed E-state index contributed by atoms with van der Waals surface area (Å²) in [6, 6.07) is 9.10. The summed E-state index contributed by atoms with van der Waals surface area (Å²) < 4.78 is 10.5. The second kappa shape index (κ2) is 9.17. The normalized spacial score (nSPS) is 10.3. The highest BCUT2D eigenvalue weighted by Gasteiger charge is 2.13. The highest BCUT2D eigenvalue weighted by atomic mass is 32.2. The van der Waals surface area contributed by atoms with Gasteiger partial charge in [-0.05, 0) is 36.4 Å². The Hall–Kier alpha value is -2.21. The Morgan fingerprint density at radius 3 is 2.79 bits per heavy atom. The summed E-state index contributed by atoms with van der Waals surface area (Å²) >= 11 is 1.60. The lowest BCUT2D eigenvalue weighted by Crippen LogP contribution is -2.24. The van der Waals surface area contributed by atoms with Crippen LogP contribution in [0.15, 0.2) is 41.6 Å². The molecule has 2 rings (SSSR count). The third kappa shape index (κ3) is 4.64. The van der Waals surface area contributed by atoms with Crippen molar-refractivity contribution >= 4 is 17.7 Å². The molecule has 1 aromatic carbocycles. The lowest BCUT2D eigenvalue weighted by atomic mass is 10.2. The van der Waals surface area contributed by atoms with E-state index in [0.29, 0.717) is 23.6 Å². The van der Waals surface area contributed by atoms with E-state index >= 15 is 0 Å². The molecular weight excluding hydrogens is 324 g/mol. The van der Waals surface area contributed by atoms with E-state index in [4.69, 9.17) is 9.47 Å². The summed E-state index contributed by atoms with van der Waals surface area (Å²) in [4.78, 5) is 16.8. The monoisotopic (exact) mass is 346 g/mol. The lowest BCUT2D eigenvalue weighted by molar-refractivity contribution is 0.0947. The molecule has 1 amide bonds. The fourth-order valence-corrected chi connectivity index (χ4v) is 3.00. The van der Waals surface area contributed by atoms with Crippen LogP contribution in [0.3, 0.4) is 0 Å².